The lowest BCUT2D eigenvalue weighted by molar-refractivity contribution is 0.122. The molecule has 1 aromatic rings. The Morgan fingerprint density at radius 3 is 2.47 bits per heavy atom. The van der Waals surface area contributed by atoms with E-state index in [-0.39, 0.29) is 11.9 Å². The number of ether oxygens (including phenoxy) is 1. The number of benzene rings is 1. The van der Waals surface area contributed by atoms with Crippen molar-refractivity contribution in [2.45, 2.75) is 32.9 Å². The molecular formula is C15H23FN2O. The number of nitrogens with one attached hydrogen (secondary N) is 1. The van der Waals surface area contributed by atoms with Crippen molar-refractivity contribution in [2.24, 2.45) is 0 Å². The van der Waals surface area contributed by atoms with Crippen LogP contribution in [0.15, 0.2) is 18.2 Å². The van der Waals surface area contributed by atoms with E-state index in [4.69, 9.17) is 4.74 Å². The fourth-order valence-corrected chi connectivity index (χ4v) is 2.45. The van der Waals surface area contributed by atoms with E-state index in [0.29, 0.717) is 24.9 Å². The van der Waals surface area contributed by atoms with Gasteiger partial charge in [-0.2, -0.15) is 0 Å². The summed E-state index contributed by atoms with van der Waals surface area (Å²) >= 11 is 0. The number of rotatable bonds is 4. The summed E-state index contributed by atoms with van der Waals surface area (Å²) < 4.78 is 19.5. The molecule has 0 aliphatic carbocycles. The zero-order valence-corrected chi connectivity index (χ0v) is 11.9. The monoisotopic (exact) mass is 266 g/mol. The van der Waals surface area contributed by atoms with E-state index in [1.807, 2.05) is 17.0 Å². The first-order valence-electron chi connectivity index (χ1n) is 6.96. The number of halogens is 1. The summed E-state index contributed by atoms with van der Waals surface area (Å²) in [4.78, 5) is 2.04. The Hall–Kier alpha value is -1.13. The van der Waals surface area contributed by atoms with Gasteiger partial charge in [0.15, 0.2) is 0 Å². The van der Waals surface area contributed by atoms with Crippen molar-refractivity contribution in [3.05, 3.63) is 29.6 Å². The minimum atomic E-state index is -0.142. The Labute approximate surface area is 114 Å². The average Bonchev–Trinajstić information content (AvgIpc) is 2.38. The third-order valence-electron chi connectivity index (χ3n) is 3.41. The van der Waals surface area contributed by atoms with Crippen molar-refractivity contribution >= 4 is 5.69 Å². The van der Waals surface area contributed by atoms with Gasteiger partial charge in [0, 0.05) is 25.2 Å². The van der Waals surface area contributed by atoms with Crippen molar-refractivity contribution in [3.8, 4) is 0 Å². The third kappa shape index (κ3) is 3.67. The largest absolute Gasteiger partial charge is 0.378 e. The van der Waals surface area contributed by atoms with Gasteiger partial charge < -0.3 is 15.0 Å². The minimum Gasteiger partial charge on any atom is -0.378 e. The highest BCUT2D eigenvalue weighted by atomic mass is 19.1. The van der Waals surface area contributed by atoms with Gasteiger partial charge in [0.05, 0.1) is 18.9 Å². The van der Waals surface area contributed by atoms with E-state index in [0.717, 1.165) is 18.7 Å². The summed E-state index contributed by atoms with van der Waals surface area (Å²) in [6.07, 6.45) is 0. The van der Waals surface area contributed by atoms with Crippen LogP contribution in [0.25, 0.3) is 0 Å². The summed E-state index contributed by atoms with van der Waals surface area (Å²) in [5.41, 5.74) is 1.67. The van der Waals surface area contributed by atoms with Gasteiger partial charge in [-0.05, 0) is 24.6 Å². The molecule has 3 nitrogen and oxygen atoms in total. The lowest BCUT2D eigenvalue weighted by Gasteiger charge is -2.29. The fourth-order valence-electron chi connectivity index (χ4n) is 2.45. The van der Waals surface area contributed by atoms with Gasteiger partial charge in [0.2, 0.25) is 0 Å². The van der Waals surface area contributed by atoms with E-state index in [1.54, 1.807) is 6.07 Å². The zero-order valence-electron chi connectivity index (χ0n) is 11.9. The number of morpholine rings is 1. The molecule has 1 aliphatic rings. The molecule has 2 rings (SSSR count). The highest BCUT2D eigenvalue weighted by Crippen LogP contribution is 2.24. The van der Waals surface area contributed by atoms with Gasteiger partial charge >= 0.3 is 0 Å². The molecule has 0 radical (unpaired) electrons. The van der Waals surface area contributed by atoms with Crippen molar-refractivity contribution in [3.63, 3.8) is 0 Å². The topological polar surface area (TPSA) is 24.5 Å². The molecule has 0 unspecified atom stereocenters. The zero-order chi connectivity index (χ0) is 13.8. The number of nitrogens with zero attached hydrogens (tertiary/aromatic N) is 1. The molecule has 1 atom stereocenters. The summed E-state index contributed by atoms with van der Waals surface area (Å²) in [5, 5.41) is 3.38. The molecule has 1 aromatic carbocycles. The van der Waals surface area contributed by atoms with Crippen LogP contribution >= 0.6 is 0 Å². The van der Waals surface area contributed by atoms with Gasteiger partial charge in [-0.25, -0.2) is 4.39 Å². The van der Waals surface area contributed by atoms with E-state index in [2.05, 4.69) is 26.1 Å². The van der Waals surface area contributed by atoms with Crippen molar-refractivity contribution in [1.82, 2.24) is 5.32 Å². The molecule has 4 heteroatoms. The Bertz CT molecular complexity index is 417. The van der Waals surface area contributed by atoms with Crippen LogP contribution < -0.4 is 10.2 Å². The van der Waals surface area contributed by atoms with E-state index in [1.165, 1.54) is 0 Å². The van der Waals surface area contributed by atoms with Gasteiger partial charge in [-0.15, -0.1) is 0 Å². The molecule has 19 heavy (non-hydrogen) atoms. The van der Waals surface area contributed by atoms with Gasteiger partial charge in [-0.3, -0.25) is 0 Å². The van der Waals surface area contributed by atoms with Crippen LogP contribution in [0.4, 0.5) is 10.1 Å². The van der Waals surface area contributed by atoms with Crippen LogP contribution in [-0.4, -0.2) is 32.3 Å². The first kappa shape index (κ1) is 14.3. The third-order valence-corrected chi connectivity index (χ3v) is 3.41. The molecule has 0 saturated carbocycles. The van der Waals surface area contributed by atoms with E-state index in [9.17, 15) is 4.39 Å². The summed E-state index contributed by atoms with van der Waals surface area (Å²) in [6.45, 7) is 9.11. The second-order valence-electron chi connectivity index (χ2n) is 5.35. The number of anilines is 1. The lowest BCUT2D eigenvalue weighted by atomic mass is 10.1. The SMILES string of the molecule is CC(C)N[C@@H](C)c1ccc(N2CCOCC2)c(F)c1. The molecule has 0 bridgehead atoms. The number of hydrogen-bond acceptors (Lipinski definition) is 3. The Morgan fingerprint density at radius 2 is 1.89 bits per heavy atom. The highest BCUT2D eigenvalue weighted by molar-refractivity contribution is 5.49. The Morgan fingerprint density at radius 1 is 1.21 bits per heavy atom. The maximum absolute atomic E-state index is 14.2. The van der Waals surface area contributed by atoms with Crippen LogP contribution in [-0.2, 0) is 4.74 Å². The smallest absolute Gasteiger partial charge is 0.146 e. The van der Waals surface area contributed by atoms with Crippen LogP contribution in [0.2, 0.25) is 0 Å². The van der Waals surface area contributed by atoms with Crippen molar-refractivity contribution < 1.29 is 9.13 Å². The maximum Gasteiger partial charge on any atom is 0.146 e. The normalized spacial score (nSPS) is 17.8. The maximum atomic E-state index is 14.2. The molecular weight excluding hydrogens is 243 g/mol. The Balaban J connectivity index is 2.12. The van der Waals surface area contributed by atoms with Crippen molar-refractivity contribution in [2.75, 3.05) is 31.2 Å². The highest BCUT2D eigenvalue weighted by Gasteiger charge is 2.16. The lowest BCUT2D eigenvalue weighted by Crippen LogP contribution is -2.36. The molecule has 106 valence electrons. The second-order valence-corrected chi connectivity index (χ2v) is 5.35. The molecule has 0 aromatic heterocycles. The van der Waals surface area contributed by atoms with Gasteiger partial charge in [-0.1, -0.05) is 19.9 Å². The molecule has 1 N–H and O–H groups in total. The summed E-state index contributed by atoms with van der Waals surface area (Å²) in [6, 6.07) is 6.08. The minimum absolute atomic E-state index is 0.142. The Kier molecular flexibility index (Phi) is 4.77. The van der Waals surface area contributed by atoms with Gasteiger partial charge in [0.25, 0.3) is 0 Å². The quantitative estimate of drug-likeness (QED) is 0.907. The molecule has 1 heterocycles. The molecule has 1 aliphatic heterocycles. The van der Waals surface area contributed by atoms with Gasteiger partial charge in [0.1, 0.15) is 5.82 Å². The van der Waals surface area contributed by atoms with Crippen molar-refractivity contribution in [1.29, 1.82) is 0 Å². The average molecular weight is 266 g/mol. The number of hydrogen-bond donors (Lipinski definition) is 1. The second kappa shape index (κ2) is 6.35. The predicted octanol–water partition coefficient (Wildman–Crippen LogP) is 2.72. The van der Waals surface area contributed by atoms with Crippen LogP contribution in [0, 0.1) is 5.82 Å². The molecule has 1 saturated heterocycles. The van der Waals surface area contributed by atoms with Crippen LogP contribution in [0.5, 0.6) is 0 Å². The fraction of sp³-hybridized carbons (Fsp3) is 0.600. The first-order valence-corrected chi connectivity index (χ1v) is 6.96. The standard InChI is InChI=1S/C15H23FN2O/c1-11(2)17-12(3)13-4-5-15(14(16)10-13)18-6-8-19-9-7-18/h4-5,10-12,17H,6-9H2,1-3H3/t12-/m0/s1. The summed E-state index contributed by atoms with van der Waals surface area (Å²) in [7, 11) is 0. The first-order chi connectivity index (χ1) is 9.08. The van der Waals surface area contributed by atoms with E-state index < -0.39 is 0 Å². The van der Waals surface area contributed by atoms with E-state index >= 15 is 0 Å². The summed E-state index contributed by atoms with van der Waals surface area (Å²) in [5.74, 6) is -0.142. The molecule has 0 spiro atoms. The molecule has 1 fully saturated rings. The molecule has 0 amide bonds. The van der Waals surface area contributed by atoms with Crippen LogP contribution in [0.3, 0.4) is 0 Å². The van der Waals surface area contributed by atoms with Crippen LogP contribution in [0.1, 0.15) is 32.4 Å². The predicted molar refractivity (Wildman–Crippen MR) is 76.1 cm³/mol.